The van der Waals surface area contributed by atoms with Crippen LogP contribution in [0.5, 0.6) is 0 Å². The number of anilines is 1. The third-order valence-electron chi connectivity index (χ3n) is 3.17. The van der Waals surface area contributed by atoms with E-state index in [2.05, 4.69) is 15.4 Å². The lowest BCUT2D eigenvalue weighted by Gasteiger charge is -2.14. The summed E-state index contributed by atoms with van der Waals surface area (Å²) in [5, 5.41) is 18.6. The predicted molar refractivity (Wildman–Crippen MR) is 75.5 cm³/mol. The molecule has 0 aliphatic heterocycles. The number of nitrogens with zero attached hydrogens (tertiary/aromatic N) is 4. The second-order valence-corrected chi connectivity index (χ2v) is 4.52. The average Bonchev–Trinajstić information content (AvgIpc) is 2.76. The predicted octanol–water partition coefficient (Wildman–Crippen LogP) is 2.46. The molecular weight excluding hydrogens is 258 g/mol. The van der Waals surface area contributed by atoms with Crippen molar-refractivity contribution in [3.05, 3.63) is 45.9 Å². The van der Waals surface area contributed by atoms with Crippen LogP contribution in [0, 0.1) is 10.1 Å². The molecule has 1 atom stereocenters. The number of nitrogens with one attached hydrogen (secondary N) is 1. The molecule has 0 aliphatic rings. The van der Waals surface area contributed by atoms with E-state index in [1.165, 1.54) is 4.68 Å². The van der Waals surface area contributed by atoms with Crippen LogP contribution in [0.4, 0.5) is 11.5 Å². The molecule has 7 heteroatoms. The first-order valence-corrected chi connectivity index (χ1v) is 6.41. The van der Waals surface area contributed by atoms with Crippen molar-refractivity contribution in [1.82, 2.24) is 14.8 Å². The van der Waals surface area contributed by atoms with E-state index in [0.717, 1.165) is 5.56 Å². The minimum absolute atomic E-state index is 0.0518. The molecule has 2 heterocycles. The zero-order valence-electron chi connectivity index (χ0n) is 11.7. The molecule has 0 aromatic carbocycles. The lowest BCUT2D eigenvalue weighted by atomic mass is 10.1. The third-order valence-corrected chi connectivity index (χ3v) is 3.17. The molecule has 0 saturated carbocycles. The van der Waals surface area contributed by atoms with Gasteiger partial charge >= 0.3 is 5.69 Å². The molecule has 2 aromatic rings. The van der Waals surface area contributed by atoms with Gasteiger partial charge in [-0.25, -0.2) is 4.68 Å². The van der Waals surface area contributed by atoms with Gasteiger partial charge in [0, 0.05) is 19.4 Å². The highest BCUT2D eigenvalue weighted by Gasteiger charge is 2.26. The average molecular weight is 275 g/mol. The molecule has 0 radical (unpaired) electrons. The molecule has 2 rings (SSSR count). The van der Waals surface area contributed by atoms with E-state index in [9.17, 15) is 10.1 Å². The minimum atomic E-state index is -0.382. The van der Waals surface area contributed by atoms with Crippen molar-refractivity contribution < 1.29 is 4.92 Å². The smallest absolute Gasteiger partial charge is 0.333 e. The molecule has 7 nitrogen and oxygen atoms in total. The molecule has 2 aromatic heterocycles. The molecule has 0 fully saturated rings. The van der Waals surface area contributed by atoms with Crippen molar-refractivity contribution in [2.75, 3.05) is 5.32 Å². The molecule has 1 unspecified atom stereocenters. The zero-order valence-corrected chi connectivity index (χ0v) is 11.7. The zero-order chi connectivity index (χ0) is 14.7. The summed E-state index contributed by atoms with van der Waals surface area (Å²) in [6, 6.07) is 3.68. The fourth-order valence-electron chi connectivity index (χ4n) is 2.10. The maximum Gasteiger partial charge on any atom is 0.333 e. The van der Waals surface area contributed by atoms with Crippen LogP contribution in [0.2, 0.25) is 0 Å². The Balaban J connectivity index is 2.34. The van der Waals surface area contributed by atoms with Crippen LogP contribution in [-0.4, -0.2) is 19.7 Å². The van der Waals surface area contributed by atoms with Gasteiger partial charge in [-0.2, -0.15) is 5.10 Å². The van der Waals surface area contributed by atoms with Crippen LogP contribution in [0.3, 0.4) is 0 Å². The summed E-state index contributed by atoms with van der Waals surface area (Å²) in [6.07, 6.45) is 3.92. The van der Waals surface area contributed by atoms with Gasteiger partial charge in [0.25, 0.3) is 0 Å². The summed E-state index contributed by atoms with van der Waals surface area (Å²) < 4.78 is 1.52. The Kier molecular flexibility index (Phi) is 3.97. The fraction of sp³-hybridized carbons (Fsp3) is 0.385. The topological polar surface area (TPSA) is 85.9 Å². The van der Waals surface area contributed by atoms with Gasteiger partial charge in [0.2, 0.25) is 5.82 Å². The van der Waals surface area contributed by atoms with Gasteiger partial charge in [0.15, 0.2) is 0 Å². The van der Waals surface area contributed by atoms with Crippen LogP contribution in [0.15, 0.2) is 24.5 Å². The number of rotatable bonds is 5. The number of nitro groups is 1. The first kappa shape index (κ1) is 14.0. The van der Waals surface area contributed by atoms with Gasteiger partial charge in [-0.05, 0) is 31.0 Å². The van der Waals surface area contributed by atoms with Gasteiger partial charge in [0.1, 0.15) is 5.69 Å². The van der Waals surface area contributed by atoms with Gasteiger partial charge in [-0.15, -0.1) is 0 Å². The van der Waals surface area contributed by atoms with Crippen molar-refractivity contribution in [2.45, 2.75) is 26.3 Å². The summed E-state index contributed by atoms with van der Waals surface area (Å²) in [7, 11) is 1.70. The Morgan fingerprint density at radius 3 is 2.65 bits per heavy atom. The molecule has 0 saturated heterocycles. The molecule has 0 bridgehead atoms. The summed E-state index contributed by atoms with van der Waals surface area (Å²) in [5.41, 5.74) is 1.55. The standard InChI is InChI=1S/C13H17N5O2/c1-4-11-12(18(19)20)13(17(3)16-11)15-9(2)10-5-7-14-8-6-10/h5-9,15H,4H2,1-3H3. The largest absolute Gasteiger partial charge is 0.358 e. The van der Waals surface area contributed by atoms with Crippen molar-refractivity contribution in [1.29, 1.82) is 0 Å². The van der Waals surface area contributed by atoms with Gasteiger partial charge in [-0.1, -0.05) is 6.92 Å². The lowest BCUT2D eigenvalue weighted by molar-refractivity contribution is -0.384. The van der Waals surface area contributed by atoms with Gasteiger partial charge < -0.3 is 5.32 Å². The van der Waals surface area contributed by atoms with Crippen LogP contribution in [0.1, 0.15) is 31.1 Å². The van der Waals surface area contributed by atoms with E-state index in [0.29, 0.717) is 17.9 Å². The van der Waals surface area contributed by atoms with Crippen molar-refractivity contribution in [3.63, 3.8) is 0 Å². The van der Waals surface area contributed by atoms with Gasteiger partial charge in [0.05, 0.1) is 11.0 Å². The molecule has 0 aliphatic carbocycles. The highest BCUT2D eigenvalue weighted by atomic mass is 16.6. The quantitative estimate of drug-likeness (QED) is 0.669. The SMILES string of the molecule is CCc1nn(C)c(NC(C)c2ccncc2)c1[N+](=O)[O-]. The lowest BCUT2D eigenvalue weighted by Crippen LogP contribution is -2.11. The Bertz CT molecular complexity index is 609. The highest BCUT2D eigenvalue weighted by molar-refractivity contribution is 5.60. The van der Waals surface area contributed by atoms with Crippen LogP contribution < -0.4 is 5.32 Å². The first-order valence-electron chi connectivity index (χ1n) is 6.41. The Morgan fingerprint density at radius 2 is 2.10 bits per heavy atom. The van der Waals surface area contributed by atoms with E-state index in [1.54, 1.807) is 19.4 Å². The maximum absolute atomic E-state index is 11.2. The normalized spacial score (nSPS) is 12.2. The number of hydrogen-bond acceptors (Lipinski definition) is 5. The van der Waals surface area contributed by atoms with E-state index in [4.69, 9.17) is 0 Å². The van der Waals surface area contributed by atoms with Crippen molar-refractivity contribution in [3.8, 4) is 0 Å². The highest BCUT2D eigenvalue weighted by Crippen LogP contribution is 2.31. The summed E-state index contributed by atoms with van der Waals surface area (Å²) in [5.74, 6) is 0.427. The number of aromatic nitrogens is 3. The molecule has 0 spiro atoms. The minimum Gasteiger partial charge on any atom is -0.358 e. The maximum atomic E-state index is 11.2. The molecule has 106 valence electrons. The monoisotopic (exact) mass is 275 g/mol. The molecule has 20 heavy (non-hydrogen) atoms. The van der Waals surface area contributed by atoms with Crippen LogP contribution in [0.25, 0.3) is 0 Å². The van der Waals surface area contributed by atoms with Crippen molar-refractivity contribution in [2.24, 2.45) is 7.05 Å². The molecule has 1 N–H and O–H groups in total. The van der Waals surface area contributed by atoms with Crippen LogP contribution in [-0.2, 0) is 13.5 Å². The Morgan fingerprint density at radius 1 is 1.45 bits per heavy atom. The van der Waals surface area contributed by atoms with Crippen LogP contribution >= 0.6 is 0 Å². The van der Waals surface area contributed by atoms with Crippen molar-refractivity contribution >= 4 is 11.5 Å². The second-order valence-electron chi connectivity index (χ2n) is 4.52. The summed E-state index contributed by atoms with van der Waals surface area (Å²) >= 11 is 0. The summed E-state index contributed by atoms with van der Waals surface area (Å²) in [6.45, 7) is 3.79. The molecule has 0 amide bonds. The molecular formula is C13H17N5O2. The first-order chi connectivity index (χ1) is 9.54. The van der Waals surface area contributed by atoms with E-state index >= 15 is 0 Å². The second kappa shape index (κ2) is 5.68. The number of hydrogen-bond donors (Lipinski definition) is 1. The van der Waals surface area contributed by atoms with E-state index in [-0.39, 0.29) is 16.7 Å². The van der Waals surface area contributed by atoms with E-state index < -0.39 is 0 Å². The summed E-state index contributed by atoms with van der Waals surface area (Å²) in [4.78, 5) is 14.8. The number of aryl methyl sites for hydroxylation is 2. The Hall–Kier alpha value is -2.44. The van der Waals surface area contributed by atoms with Gasteiger partial charge in [-0.3, -0.25) is 15.1 Å². The third kappa shape index (κ3) is 2.61. The van der Waals surface area contributed by atoms with E-state index in [1.807, 2.05) is 26.0 Å². The number of pyridine rings is 1. The fourth-order valence-corrected chi connectivity index (χ4v) is 2.10. The Labute approximate surface area is 116 Å².